The monoisotopic (exact) mass is 289 g/mol. The van der Waals surface area contributed by atoms with Crippen LogP contribution in [0.4, 0.5) is 5.69 Å². The third-order valence-corrected chi connectivity index (χ3v) is 3.92. The van der Waals surface area contributed by atoms with E-state index in [4.69, 9.17) is 0 Å². The minimum atomic E-state index is 0.0241. The van der Waals surface area contributed by atoms with Crippen molar-refractivity contribution in [2.24, 2.45) is 0 Å². The van der Waals surface area contributed by atoms with Crippen LogP contribution >= 0.6 is 0 Å². The van der Waals surface area contributed by atoms with Gasteiger partial charge in [-0.3, -0.25) is 4.79 Å². The maximum Gasteiger partial charge on any atom is 0.253 e. The molecular formula is C17H27N3O. The molecule has 1 aliphatic heterocycles. The lowest BCUT2D eigenvalue weighted by Crippen LogP contribution is -2.29. The van der Waals surface area contributed by atoms with Crippen LogP contribution in [0, 0.1) is 6.92 Å². The number of amides is 1. The minimum absolute atomic E-state index is 0.0241. The number of nitrogens with zero attached hydrogens (tertiary/aromatic N) is 1. The molecule has 0 radical (unpaired) electrons. The van der Waals surface area contributed by atoms with Crippen molar-refractivity contribution < 1.29 is 4.79 Å². The Balaban J connectivity index is 1.82. The number of nitrogens with one attached hydrogen (secondary N) is 2. The smallest absolute Gasteiger partial charge is 0.253 e. The van der Waals surface area contributed by atoms with Crippen LogP contribution in [0.2, 0.25) is 0 Å². The lowest BCUT2D eigenvalue weighted by molar-refractivity contribution is 0.0952. The molecule has 1 amide bonds. The Labute approximate surface area is 127 Å². The van der Waals surface area contributed by atoms with Crippen molar-refractivity contribution in [3.63, 3.8) is 0 Å². The van der Waals surface area contributed by atoms with Gasteiger partial charge in [0.25, 0.3) is 5.91 Å². The van der Waals surface area contributed by atoms with E-state index in [1.165, 1.54) is 25.9 Å². The van der Waals surface area contributed by atoms with E-state index in [1.54, 1.807) is 0 Å². The maximum atomic E-state index is 12.3. The number of aryl methyl sites for hydroxylation is 1. The van der Waals surface area contributed by atoms with E-state index in [1.807, 2.05) is 32.0 Å². The second-order valence-electron chi connectivity index (χ2n) is 5.74. The summed E-state index contributed by atoms with van der Waals surface area (Å²) < 4.78 is 0. The predicted molar refractivity (Wildman–Crippen MR) is 88.0 cm³/mol. The number of carbonyl (C=O) groups excluding carboxylic acids is 1. The van der Waals surface area contributed by atoms with Gasteiger partial charge in [-0.2, -0.15) is 0 Å². The van der Waals surface area contributed by atoms with Gasteiger partial charge in [0.2, 0.25) is 0 Å². The van der Waals surface area contributed by atoms with Gasteiger partial charge in [-0.05, 0) is 64.9 Å². The van der Waals surface area contributed by atoms with Crippen molar-refractivity contribution in [3.05, 3.63) is 29.3 Å². The second-order valence-corrected chi connectivity index (χ2v) is 5.74. The molecule has 1 aromatic rings. The Bertz CT molecular complexity index is 467. The average molecular weight is 289 g/mol. The fraction of sp³-hybridized carbons (Fsp3) is 0.588. The largest absolute Gasteiger partial charge is 0.385 e. The first kappa shape index (κ1) is 15.8. The zero-order chi connectivity index (χ0) is 15.1. The van der Waals surface area contributed by atoms with Crippen LogP contribution in [-0.4, -0.2) is 43.5 Å². The Hall–Kier alpha value is -1.55. The van der Waals surface area contributed by atoms with Gasteiger partial charge in [0.05, 0.1) is 5.56 Å². The van der Waals surface area contributed by atoms with Crippen LogP contribution in [0.25, 0.3) is 0 Å². The van der Waals surface area contributed by atoms with E-state index < -0.39 is 0 Å². The summed E-state index contributed by atoms with van der Waals surface area (Å²) in [4.78, 5) is 14.8. The summed E-state index contributed by atoms with van der Waals surface area (Å²) in [6, 6.07) is 5.97. The first-order valence-corrected chi connectivity index (χ1v) is 8.06. The van der Waals surface area contributed by atoms with Gasteiger partial charge in [-0.1, -0.05) is 11.6 Å². The molecule has 0 bridgehead atoms. The number of likely N-dealkylation sites (tertiary alicyclic amines) is 1. The molecular weight excluding hydrogens is 262 g/mol. The van der Waals surface area contributed by atoms with E-state index in [-0.39, 0.29) is 5.91 Å². The molecule has 4 nitrogen and oxygen atoms in total. The van der Waals surface area contributed by atoms with Gasteiger partial charge in [0, 0.05) is 18.8 Å². The predicted octanol–water partition coefficient (Wildman–Crippen LogP) is 2.64. The molecule has 21 heavy (non-hydrogen) atoms. The Morgan fingerprint density at radius 2 is 2.05 bits per heavy atom. The molecule has 0 unspecified atom stereocenters. The minimum Gasteiger partial charge on any atom is -0.385 e. The van der Waals surface area contributed by atoms with Crippen molar-refractivity contribution in [1.29, 1.82) is 0 Å². The summed E-state index contributed by atoms with van der Waals surface area (Å²) in [5.41, 5.74) is 2.78. The van der Waals surface area contributed by atoms with E-state index in [0.717, 1.165) is 42.9 Å². The molecule has 0 spiro atoms. The normalized spacial score (nSPS) is 15.1. The SMILES string of the molecule is CCNc1ccc(C)cc1C(=O)NCCCN1CCCC1. The van der Waals surface area contributed by atoms with Crippen LogP contribution in [0.3, 0.4) is 0 Å². The molecule has 116 valence electrons. The van der Waals surface area contributed by atoms with Gasteiger partial charge in [0.1, 0.15) is 0 Å². The summed E-state index contributed by atoms with van der Waals surface area (Å²) in [5.74, 6) is 0.0241. The van der Waals surface area contributed by atoms with E-state index in [9.17, 15) is 4.79 Å². The molecule has 1 aliphatic rings. The first-order valence-electron chi connectivity index (χ1n) is 8.06. The molecule has 0 aromatic heterocycles. The first-order chi connectivity index (χ1) is 10.2. The highest BCUT2D eigenvalue weighted by Gasteiger charge is 2.12. The third-order valence-electron chi connectivity index (χ3n) is 3.92. The number of hydrogen-bond donors (Lipinski definition) is 2. The van der Waals surface area contributed by atoms with Gasteiger partial charge < -0.3 is 15.5 Å². The lowest BCUT2D eigenvalue weighted by Gasteiger charge is -2.15. The summed E-state index contributed by atoms with van der Waals surface area (Å²) in [6.45, 7) is 9.14. The van der Waals surface area contributed by atoms with Gasteiger partial charge >= 0.3 is 0 Å². The average Bonchev–Trinajstić information content (AvgIpc) is 2.99. The fourth-order valence-electron chi connectivity index (χ4n) is 2.80. The quantitative estimate of drug-likeness (QED) is 0.759. The van der Waals surface area contributed by atoms with Crippen LogP contribution in [0.5, 0.6) is 0 Å². The molecule has 2 N–H and O–H groups in total. The molecule has 1 saturated heterocycles. The van der Waals surface area contributed by atoms with Gasteiger partial charge in [-0.15, -0.1) is 0 Å². The maximum absolute atomic E-state index is 12.3. The Morgan fingerprint density at radius 3 is 2.76 bits per heavy atom. The summed E-state index contributed by atoms with van der Waals surface area (Å²) in [5, 5.41) is 6.29. The van der Waals surface area contributed by atoms with Crippen LogP contribution in [-0.2, 0) is 0 Å². The zero-order valence-corrected chi connectivity index (χ0v) is 13.2. The highest BCUT2D eigenvalue weighted by Crippen LogP contribution is 2.17. The number of rotatable bonds is 7. The zero-order valence-electron chi connectivity index (χ0n) is 13.2. The third kappa shape index (κ3) is 4.74. The Kier molecular flexibility index (Phi) is 6.05. The van der Waals surface area contributed by atoms with E-state index >= 15 is 0 Å². The van der Waals surface area contributed by atoms with Crippen molar-refractivity contribution in [2.75, 3.05) is 38.0 Å². The van der Waals surface area contributed by atoms with Crippen molar-refractivity contribution in [2.45, 2.75) is 33.1 Å². The van der Waals surface area contributed by atoms with Crippen molar-refractivity contribution in [1.82, 2.24) is 10.2 Å². The molecule has 0 aliphatic carbocycles. The molecule has 2 rings (SSSR count). The topological polar surface area (TPSA) is 44.4 Å². The van der Waals surface area contributed by atoms with Crippen molar-refractivity contribution >= 4 is 11.6 Å². The van der Waals surface area contributed by atoms with Crippen molar-refractivity contribution in [3.8, 4) is 0 Å². The van der Waals surface area contributed by atoms with Crippen LogP contribution in [0.1, 0.15) is 42.1 Å². The molecule has 0 atom stereocenters. The summed E-state index contributed by atoms with van der Waals surface area (Å²) in [7, 11) is 0. The molecule has 4 heteroatoms. The number of benzene rings is 1. The molecule has 0 saturated carbocycles. The number of hydrogen-bond acceptors (Lipinski definition) is 3. The highest BCUT2D eigenvalue weighted by atomic mass is 16.1. The molecule has 1 heterocycles. The van der Waals surface area contributed by atoms with Gasteiger partial charge in [0.15, 0.2) is 0 Å². The number of carbonyl (C=O) groups is 1. The summed E-state index contributed by atoms with van der Waals surface area (Å²) >= 11 is 0. The summed E-state index contributed by atoms with van der Waals surface area (Å²) in [6.07, 6.45) is 3.66. The van der Waals surface area contributed by atoms with Crippen LogP contribution in [0.15, 0.2) is 18.2 Å². The molecule has 1 aromatic carbocycles. The lowest BCUT2D eigenvalue weighted by atomic mass is 10.1. The standard InChI is InChI=1S/C17H27N3O/c1-3-18-16-8-7-14(2)13-15(16)17(21)19-9-6-12-20-10-4-5-11-20/h7-8,13,18H,3-6,9-12H2,1-2H3,(H,19,21). The molecule has 1 fully saturated rings. The fourth-order valence-corrected chi connectivity index (χ4v) is 2.80. The highest BCUT2D eigenvalue weighted by molar-refractivity contribution is 5.99. The van der Waals surface area contributed by atoms with E-state index in [2.05, 4.69) is 15.5 Å². The second kappa shape index (κ2) is 8.03. The Morgan fingerprint density at radius 1 is 1.29 bits per heavy atom. The van der Waals surface area contributed by atoms with Crippen LogP contribution < -0.4 is 10.6 Å². The van der Waals surface area contributed by atoms with Gasteiger partial charge in [-0.25, -0.2) is 0 Å². The number of anilines is 1. The van der Waals surface area contributed by atoms with E-state index in [0.29, 0.717) is 0 Å².